The SMILES string of the molecule is CCCN(CCO)CC(=O)Nc1ccc(N2CCN(Cc3ccccc3)CC2)cc1. The standard InChI is InChI=1S/C24H34N4O2/c1-2-12-26(17-18-29)20-24(30)25-22-8-10-23(11-9-22)28-15-13-27(14-16-28)19-21-6-4-3-5-7-21/h3-11,29H,2,12-20H2,1H3,(H,25,30). The molecule has 30 heavy (non-hydrogen) atoms. The number of hydrogen-bond acceptors (Lipinski definition) is 5. The molecule has 6 nitrogen and oxygen atoms in total. The number of carbonyl (C=O) groups excluding carboxylic acids is 1. The third kappa shape index (κ3) is 6.83. The lowest BCUT2D eigenvalue weighted by Gasteiger charge is -2.36. The molecule has 2 aromatic carbocycles. The van der Waals surface area contributed by atoms with Crippen LogP contribution in [0.5, 0.6) is 0 Å². The zero-order valence-corrected chi connectivity index (χ0v) is 18.0. The third-order valence-corrected chi connectivity index (χ3v) is 5.46. The quantitative estimate of drug-likeness (QED) is 0.631. The Hall–Kier alpha value is -2.41. The Morgan fingerprint density at radius 1 is 1.00 bits per heavy atom. The van der Waals surface area contributed by atoms with Crippen molar-refractivity contribution in [3.63, 3.8) is 0 Å². The van der Waals surface area contributed by atoms with Gasteiger partial charge in [0.15, 0.2) is 0 Å². The van der Waals surface area contributed by atoms with Crippen molar-refractivity contribution in [2.24, 2.45) is 0 Å². The topological polar surface area (TPSA) is 59.1 Å². The van der Waals surface area contributed by atoms with Gasteiger partial charge in [0.25, 0.3) is 0 Å². The fraction of sp³-hybridized carbons (Fsp3) is 0.458. The molecule has 1 saturated heterocycles. The summed E-state index contributed by atoms with van der Waals surface area (Å²) in [4.78, 5) is 19.2. The molecule has 1 fully saturated rings. The van der Waals surface area contributed by atoms with E-state index in [0.717, 1.165) is 51.4 Å². The molecular weight excluding hydrogens is 376 g/mol. The van der Waals surface area contributed by atoms with Gasteiger partial charge >= 0.3 is 0 Å². The Bertz CT molecular complexity index is 753. The van der Waals surface area contributed by atoms with Crippen LogP contribution in [0.25, 0.3) is 0 Å². The van der Waals surface area contributed by atoms with Crippen LogP contribution in [0, 0.1) is 0 Å². The van der Waals surface area contributed by atoms with Crippen LogP contribution in [-0.4, -0.2) is 73.2 Å². The number of anilines is 2. The van der Waals surface area contributed by atoms with Crippen molar-refractivity contribution in [2.75, 3.05) is 62.6 Å². The molecule has 0 aliphatic carbocycles. The number of piperazine rings is 1. The highest BCUT2D eigenvalue weighted by molar-refractivity contribution is 5.92. The lowest BCUT2D eigenvalue weighted by atomic mass is 10.2. The summed E-state index contributed by atoms with van der Waals surface area (Å²) in [6.45, 7) is 8.89. The number of nitrogens with zero attached hydrogens (tertiary/aromatic N) is 3. The van der Waals surface area contributed by atoms with Gasteiger partial charge in [0, 0.05) is 50.6 Å². The minimum atomic E-state index is -0.0424. The molecule has 0 saturated carbocycles. The van der Waals surface area contributed by atoms with E-state index in [9.17, 15) is 4.79 Å². The van der Waals surface area contributed by atoms with Gasteiger partial charge in [0.1, 0.15) is 0 Å². The predicted molar refractivity (Wildman–Crippen MR) is 123 cm³/mol. The summed E-state index contributed by atoms with van der Waals surface area (Å²) in [5, 5.41) is 12.1. The molecular formula is C24H34N4O2. The molecule has 3 rings (SSSR count). The normalized spacial score (nSPS) is 14.8. The first kappa shape index (κ1) is 22.3. The Kier molecular flexibility index (Phi) is 8.68. The molecule has 0 unspecified atom stereocenters. The second kappa shape index (κ2) is 11.7. The largest absolute Gasteiger partial charge is 0.395 e. The van der Waals surface area contributed by atoms with Crippen LogP contribution in [0.3, 0.4) is 0 Å². The number of carbonyl (C=O) groups is 1. The summed E-state index contributed by atoms with van der Waals surface area (Å²) < 4.78 is 0. The van der Waals surface area contributed by atoms with Crippen molar-refractivity contribution in [1.82, 2.24) is 9.80 Å². The zero-order chi connectivity index (χ0) is 21.2. The number of benzene rings is 2. The Labute approximate surface area is 180 Å². The number of rotatable bonds is 10. The van der Waals surface area contributed by atoms with Gasteiger partial charge in [0.2, 0.25) is 5.91 Å². The van der Waals surface area contributed by atoms with Gasteiger partial charge in [-0.05, 0) is 42.8 Å². The minimum Gasteiger partial charge on any atom is -0.395 e. The lowest BCUT2D eigenvalue weighted by molar-refractivity contribution is -0.117. The summed E-state index contributed by atoms with van der Waals surface area (Å²) in [6, 6.07) is 18.7. The number of hydrogen-bond donors (Lipinski definition) is 2. The molecule has 1 aliphatic rings. The summed E-state index contributed by atoms with van der Waals surface area (Å²) in [6.07, 6.45) is 0.959. The van der Waals surface area contributed by atoms with E-state index < -0.39 is 0 Å². The maximum absolute atomic E-state index is 12.3. The van der Waals surface area contributed by atoms with Gasteiger partial charge in [-0.15, -0.1) is 0 Å². The van der Waals surface area contributed by atoms with E-state index in [1.54, 1.807) is 0 Å². The Morgan fingerprint density at radius 2 is 1.70 bits per heavy atom. The van der Waals surface area contributed by atoms with E-state index in [1.807, 2.05) is 17.0 Å². The van der Waals surface area contributed by atoms with Crippen LogP contribution in [0.15, 0.2) is 54.6 Å². The third-order valence-electron chi connectivity index (χ3n) is 5.46. The number of aliphatic hydroxyl groups is 1. The summed E-state index contributed by atoms with van der Waals surface area (Å²) in [5.74, 6) is -0.0424. The highest BCUT2D eigenvalue weighted by Crippen LogP contribution is 2.20. The molecule has 0 aromatic heterocycles. The summed E-state index contributed by atoms with van der Waals surface area (Å²) in [7, 11) is 0. The van der Waals surface area contributed by atoms with E-state index in [2.05, 4.69) is 64.5 Å². The van der Waals surface area contributed by atoms with Gasteiger partial charge in [-0.1, -0.05) is 37.3 Å². The second-order valence-corrected chi connectivity index (χ2v) is 7.84. The van der Waals surface area contributed by atoms with Crippen LogP contribution in [-0.2, 0) is 11.3 Å². The highest BCUT2D eigenvalue weighted by atomic mass is 16.3. The van der Waals surface area contributed by atoms with Gasteiger partial charge in [-0.25, -0.2) is 0 Å². The molecule has 1 heterocycles. The van der Waals surface area contributed by atoms with Gasteiger partial charge in [0.05, 0.1) is 13.2 Å². The van der Waals surface area contributed by atoms with E-state index in [1.165, 1.54) is 11.3 Å². The molecule has 2 aromatic rings. The van der Waals surface area contributed by atoms with Crippen molar-refractivity contribution in [1.29, 1.82) is 0 Å². The maximum atomic E-state index is 12.3. The van der Waals surface area contributed by atoms with E-state index >= 15 is 0 Å². The zero-order valence-electron chi connectivity index (χ0n) is 18.0. The first-order chi connectivity index (χ1) is 14.7. The van der Waals surface area contributed by atoms with E-state index in [4.69, 9.17) is 5.11 Å². The van der Waals surface area contributed by atoms with Gasteiger partial charge in [-0.2, -0.15) is 0 Å². The number of nitrogens with one attached hydrogen (secondary N) is 1. The monoisotopic (exact) mass is 410 g/mol. The van der Waals surface area contributed by atoms with Crippen molar-refractivity contribution in [2.45, 2.75) is 19.9 Å². The van der Waals surface area contributed by atoms with E-state index in [0.29, 0.717) is 13.1 Å². The first-order valence-electron chi connectivity index (χ1n) is 10.9. The van der Waals surface area contributed by atoms with Crippen LogP contribution in [0.2, 0.25) is 0 Å². The molecule has 0 bridgehead atoms. The molecule has 162 valence electrons. The first-order valence-corrected chi connectivity index (χ1v) is 10.9. The molecule has 6 heteroatoms. The smallest absolute Gasteiger partial charge is 0.238 e. The van der Waals surface area contributed by atoms with Crippen molar-refractivity contribution in [3.05, 3.63) is 60.2 Å². The number of aliphatic hydroxyl groups excluding tert-OH is 1. The minimum absolute atomic E-state index is 0.0424. The van der Waals surface area contributed by atoms with Crippen molar-refractivity contribution in [3.8, 4) is 0 Å². The lowest BCUT2D eigenvalue weighted by Crippen LogP contribution is -2.45. The van der Waals surface area contributed by atoms with E-state index in [-0.39, 0.29) is 12.5 Å². The average Bonchev–Trinajstić information content (AvgIpc) is 2.76. The van der Waals surface area contributed by atoms with Crippen LogP contribution in [0.4, 0.5) is 11.4 Å². The fourth-order valence-electron chi connectivity index (χ4n) is 3.89. The van der Waals surface area contributed by atoms with Crippen LogP contribution >= 0.6 is 0 Å². The summed E-state index contributed by atoms with van der Waals surface area (Å²) in [5.41, 5.74) is 3.37. The molecule has 0 atom stereocenters. The van der Waals surface area contributed by atoms with Crippen molar-refractivity contribution < 1.29 is 9.90 Å². The predicted octanol–water partition coefficient (Wildman–Crippen LogP) is 2.65. The Morgan fingerprint density at radius 3 is 2.33 bits per heavy atom. The maximum Gasteiger partial charge on any atom is 0.238 e. The highest BCUT2D eigenvalue weighted by Gasteiger charge is 2.17. The molecule has 2 N–H and O–H groups in total. The molecule has 0 spiro atoms. The fourth-order valence-corrected chi connectivity index (χ4v) is 3.89. The second-order valence-electron chi connectivity index (χ2n) is 7.84. The van der Waals surface area contributed by atoms with Gasteiger partial charge < -0.3 is 15.3 Å². The average molecular weight is 411 g/mol. The van der Waals surface area contributed by atoms with Crippen LogP contribution < -0.4 is 10.2 Å². The summed E-state index contributed by atoms with van der Waals surface area (Å²) >= 11 is 0. The van der Waals surface area contributed by atoms with Crippen LogP contribution in [0.1, 0.15) is 18.9 Å². The Balaban J connectivity index is 1.46. The molecule has 1 amide bonds. The molecule has 1 aliphatic heterocycles. The van der Waals surface area contributed by atoms with Crippen molar-refractivity contribution >= 4 is 17.3 Å². The number of amides is 1. The van der Waals surface area contributed by atoms with Gasteiger partial charge in [-0.3, -0.25) is 14.6 Å². The molecule has 0 radical (unpaired) electrons.